The van der Waals surface area contributed by atoms with Gasteiger partial charge in [0.1, 0.15) is 0 Å². The van der Waals surface area contributed by atoms with E-state index in [0.29, 0.717) is 12.8 Å². The monoisotopic (exact) mass is 254 g/mol. The van der Waals surface area contributed by atoms with Gasteiger partial charge in [-0.2, -0.15) is 0 Å². The molecule has 0 heterocycles. The summed E-state index contributed by atoms with van der Waals surface area (Å²) in [6, 6.07) is 9.27. The topological polar surface area (TPSA) is 17.1 Å². The van der Waals surface area contributed by atoms with E-state index in [1.807, 2.05) is 37.3 Å². The van der Waals surface area contributed by atoms with E-state index >= 15 is 0 Å². The van der Waals surface area contributed by atoms with Gasteiger partial charge in [-0.25, -0.2) is 4.39 Å². The highest BCUT2D eigenvalue weighted by Gasteiger charge is 2.06. The lowest BCUT2D eigenvalue weighted by atomic mass is 10.1. The number of halogens is 1. The molecule has 0 aliphatic heterocycles. The highest BCUT2D eigenvalue weighted by molar-refractivity contribution is 8.14. The lowest BCUT2D eigenvalue weighted by molar-refractivity contribution is 0.108. The fourth-order valence-corrected chi connectivity index (χ4v) is 2.33. The second kappa shape index (κ2) is 8.29. The van der Waals surface area contributed by atoms with Crippen molar-refractivity contribution in [2.45, 2.75) is 38.8 Å². The zero-order valence-corrected chi connectivity index (χ0v) is 11.0. The zero-order chi connectivity index (χ0) is 12.5. The fraction of sp³-hybridized carbons (Fsp3) is 0.500. The maximum Gasteiger partial charge on any atom is 0.219 e. The number of hydrogen-bond acceptors (Lipinski definition) is 2. The molecular weight excluding hydrogens is 235 g/mol. The fourth-order valence-electron chi connectivity index (χ4n) is 1.49. The summed E-state index contributed by atoms with van der Waals surface area (Å²) in [5, 5.41) is 0.109. The average molecular weight is 254 g/mol. The third-order valence-electron chi connectivity index (χ3n) is 2.60. The third-order valence-corrected chi connectivity index (χ3v) is 3.59. The van der Waals surface area contributed by atoms with E-state index in [-0.39, 0.29) is 5.12 Å². The molecule has 0 aromatic heterocycles. The van der Waals surface area contributed by atoms with Crippen LogP contribution in [0.15, 0.2) is 30.3 Å². The van der Waals surface area contributed by atoms with Crippen molar-refractivity contribution in [2.24, 2.45) is 0 Å². The van der Waals surface area contributed by atoms with Gasteiger partial charge < -0.3 is 0 Å². The van der Waals surface area contributed by atoms with Gasteiger partial charge in [0.25, 0.3) is 0 Å². The summed E-state index contributed by atoms with van der Waals surface area (Å²) >= 11 is 1.33. The van der Waals surface area contributed by atoms with Crippen molar-refractivity contribution in [1.29, 1.82) is 0 Å². The maximum atomic E-state index is 12.9. The van der Waals surface area contributed by atoms with Gasteiger partial charge in [-0.3, -0.25) is 4.79 Å². The molecule has 94 valence electrons. The highest BCUT2D eigenvalue weighted by Crippen LogP contribution is 2.15. The summed E-state index contributed by atoms with van der Waals surface area (Å²) in [4.78, 5) is 11.7. The van der Waals surface area contributed by atoms with Gasteiger partial charge in [-0.1, -0.05) is 49.0 Å². The lowest BCUT2D eigenvalue weighted by Crippen LogP contribution is -1.98. The van der Waals surface area contributed by atoms with Gasteiger partial charge in [0, 0.05) is 11.3 Å². The first kappa shape index (κ1) is 14.2. The van der Waals surface area contributed by atoms with Crippen LogP contribution < -0.4 is 0 Å². The van der Waals surface area contributed by atoms with Crippen molar-refractivity contribution in [1.82, 2.24) is 0 Å². The quantitative estimate of drug-likeness (QED) is 0.667. The molecule has 0 saturated heterocycles. The molecule has 1 atom stereocenters. The van der Waals surface area contributed by atoms with Crippen molar-refractivity contribution < 1.29 is 9.18 Å². The van der Waals surface area contributed by atoms with Gasteiger partial charge >= 0.3 is 0 Å². The summed E-state index contributed by atoms with van der Waals surface area (Å²) in [6.07, 6.45) is 2.31. The molecule has 0 saturated carbocycles. The molecule has 1 rings (SSSR count). The van der Waals surface area contributed by atoms with Gasteiger partial charge in [-0.15, -0.1) is 0 Å². The first-order chi connectivity index (χ1) is 8.24. The Labute approximate surface area is 107 Å². The SMILES string of the molecule is CCC(F)CCCCSC(=O)c1ccccc1. The molecule has 1 unspecified atom stereocenters. The Kier molecular flexibility index (Phi) is 6.94. The van der Waals surface area contributed by atoms with Gasteiger partial charge in [0.2, 0.25) is 5.12 Å². The Morgan fingerprint density at radius 2 is 2.00 bits per heavy atom. The molecule has 1 aromatic rings. The normalized spacial score (nSPS) is 12.4. The summed E-state index contributed by atoms with van der Waals surface area (Å²) in [7, 11) is 0. The van der Waals surface area contributed by atoms with Crippen molar-refractivity contribution >= 4 is 16.9 Å². The Morgan fingerprint density at radius 1 is 1.29 bits per heavy atom. The molecule has 0 radical (unpaired) electrons. The summed E-state index contributed by atoms with van der Waals surface area (Å²) < 4.78 is 12.9. The molecule has 0 amide bonds. The number of alkyl halides is 1. The van der Waals surface area contributed by atoms with E-state index in [2.05, 4.69) is 0 Å². The van der Waals surface area contributed by atoms with E-state index in [1.54, 1.807) is 0 Å². The molecule has 1 nitrogen and oxygen atoms in total. The van der Waals surface area contributed by atoms with Crippen LogP contribution in [-0.2, 0) is 0 Å². The molecule has 0 aliphatic carbocycles. The van der Waals surface area contributed by atoms with Crippen LogP contribution in [0.25, 0.3) is 0 Å². The van der Waals surface area contributed by atoms with Crippen molar-refractivity contribution in [3.05, 3.63) is 35.9 Å². The number of unbranched alkanes of at least 4 members (excludes halogenated alkanes) is 1. The van der Waals surface area contributed by atoms with Crippen LogP contribution in [0.1, 0.15) is 43.0 Å². The van der Waals surface area contributed by atoms with Gasteiger partial charge in [0.05, 0.1) is 6.17 Å². The van der Waals surface area contributed by atoms with Crippen LogP contribution in [0.3, 0.4) is 0 Å². The molecule has 0 spiro atoms. The van der Waals surface area contributed by atoms with Crippen molar-refractivity contribution in [3.8, 4) is 0 Å². The molecule has 1 aromatic carbocycles. The maximum absolute atomic E-state index is 12.9. The molecule has 17 heavy (non-hydrogen) atoms. The minimum atomic E-state index is -0.676. The Bertz CT molecular complexity index is 326. The average Bonchev–Trinajstić information content (AvgIpc) is 2.38. The summed E-state index contributed by atoms with van der Waals surface area (Å²) in [6.45, 7) is 1.86. The number of thioether (sulfide) groups is 1. The van der Waals surface area contributed by atoms with Gasteiger partial charge in [-0.05, 0) is 25.7 Å². The Balaban J connectivity index is 2.13. The van der Waals surface area contributed by atoms with E-state index in [4.69, 9.17) is 0 Å². The highest BCUT2D eigenvalue weighted by atomic mass is 32.2. The summed E-state index contributed by atoms with van der Waals surface area (Å²) in [5.41, 5.74) is 0.745. The minimum Gasteiger partial charge on any atom is -0.282 e. The van der Waals surface area contributed by atoms with Gasteiger partial charge in [0.15, 0.2) is 0 Å². The van der Waals surface area contributed by atoms with E-state index in [1.165, 1.54) is 11.8 Å². The van der Waals surface area contributed by atoms with Crippen LogP contribution in [0.2, 0.25) is 0 Å². The standard InChI is InChI=1S/C14H19FOS/c1-2-13(15)10-6-7-11-17-14(16)12-8-4-3-5-9-12/h3-5,8-9,13H,2,6-7,10-11H2,1H3. The number of rotatable bonds is 7. The second-order valence-corrected chi connectivity index (χ2v) is 5.07. The molecule has 0 aliphatic rings. The molecular formula is C14H19FOS. The number of benzene rings is 1. The largest absolute Gasteiger partial charge is 0.282 e. The summed E-state index contributed by atoms with van der Waals surface area (Å²) in [5.74, 6) is 0.782. The van der Waals surface area contributed by atoms with E-state index < -0.39 is 6.17 Å². The van der Waals surface area contributed by atoms with E-state index in [0.717, 1.165) is 24.2 Å². The first-order valence-corrected chi connectivity index (χ1v) is 7.09. The molecule has 0 N–H and O–H groups in total. The molecule has 0 fully saturated rings. The first-order valence-electron chi connectivity index (χ1n) is 6.10. The van der Waals surface area contributed by atoms with Crippen LogP contribution in [0.4, 0.5) is 4.39 Å². The van der Waals surface area contributed by atoms with Crippen molar-refractivity contribution in [2.75, 3.05) is 5.75 Å². The number of carbonyl (C=O) groups is 1. The zero-order valence-electron chi connectivity index (χ0n) is 10.2. The predicted molar refractivity (Wildman–Crippen MR) is 72.3 cm³/mol. The Morgan fingerprint density at radius 3 is 2.65 bits per heavy atom. The third kappa shape index (κ3) is 5.87. The smallest absolute Gasteiger partial charge is 0.219 e. The molecule has 0 bridgehead atoms. The predicted octanol–water partition coefficient (Wildman–Crippen LogP) is 4.48. The van der Waals surface area contributed by atoms with Crippen LogP contribution in [0.5, 0.6) is 0 Å². The van der Waals surface area contributed by atoms with Crippen LogP contribution in [0, 0.1) is 0 Å². The second-order valence-electron chi connectivity index (χ2n) is 4.00. The number of carbonyl (C=O) groups excluding carboxylic acids is 1. The molecule has 3 heteroatoms. The Hall–Kier alpha value is -0.830. The number of hydrogen-bond donors (Lipinski definition) is 0. The van der Waals surface area contributed by atoms with Crippen LogP contribution >= 0.6 is 11.8 Å². The van der Waals surface area contributed by atoms with Crippen LogP contribution in [-0.4, -0.2) is 17.0 Å². The van der Waals surface area contributed by atoms with E-state index in [9.17, 15) is 9.18 Å². The minimum absolute atomic E-state index is 0.109. The van der Waals surface area contributed by atoms with Crippen molar-refractivity contribution in [3.63, 3.8) is 0 Å². The lowest BCUT2D eigenvalue weighted by Gasteiger charge is -2.04.